The summed E-state index contributed by atoms with van der Waals surface area (Å²) in [6, 6.07) is 0. The smallest absolute Gasteiger partial charge is 0.416 e. The maximum Gasteiger partial charge on any atom is 0.416 e. The highest BCUT2D eigenvalue weighted by molar-refractivity contribution is 5.96. The normalized spacial score (nSPS) is 18.0. The van der Waals surface area contributed by atoms with Crippen LogP contribution in [0.25, 0.3) is 0 Å². The molecular formula is C17H21N5O4. The standard InChI is InChI=1S/C17H21N5O4/c1-20-9-12(14(19-20)11-3-2-4-11)15(23)21-5-7-22(8-6-21)16(24)13-10-26-17(25)18-13/h9-11H,2-8H2,1H3,(H,18,25). The maximum absolute atomic E-state index is 12.9. The van der Waals surface area contributed by atoms with Crippen LogP contribution < -0.4 is 5.76 Å². The Kier molecular flexibility index (Phi) is 4.14. The highest BCUT2D eigenvalue weighted by Crippen LogP contribution is 2.37. The molecule has 2 aromatic rings. The van der Waals surface area contributed by atoms with Crippen molar-refractivity contribution in [3.05, 3.63) is 40.0 Å². The molecule has 9 nitrogen and oxygen atoms in total. The molecule has 0 aromatic carbocycles. The number of hydrogen-bond donors (Lipinski definition) is 1. The second-order valence-electron chi connectivity index (χ2n) is 6.88. The summed E-state index contributed by atoms with van der Waals surface area (Å²) < 4.78 is 6.32. The fourth-order valence-electron chi connectivity index (χ4n) is 3.49. The molecule has 0 atom stereocenters. The fraction of sp³-hybridized carbons (Fsp3) is 0.529. The van der Waals surface area contributed by atoms with Crippen molar-refractivity contribution in [3.63, 3.8) is 0 Å². The van der Waals surface area contributed by atoms with E-state index < -0.39 is 5.76 Å². The van der Waals surface area contributed by atoms with Gasteiger partial charge >= 0.3 is 5.76 Å². The van der Waals surface area contributed by atoms with Crippen molar-refractivity contribution in [3.8, 4) is 0 Å². The van der Waals surface area contributed by atoms with Gasteiger partial charge in [-0.25, -0.2) is 4.79 Å². The molecule has 0 unspecified atom stereocenters. The van der Waals surface area contributed by atoms with Gasteiger partial charge in [0.05, 0.1) is 11.3 Å². The number of piperazine rings is 1. The number of aromatic nitrogens is 3. The van der Waals surface area contributed by atoms with Crippen LogP contribution >= 0.6 is 0 Å². The average molecular weight is 359 g/mol. The van der Waals surface area contributed by atoms with Crippen molar-refractivity contribution in [1.82, 2.24) is 24.6 Å². The number of H-pyrrole nitrogens is 1. The van der Waals surface area contributed by atoms with Crippen LogP contribution in [0.1, 0.15) is 51.7 Å². The van der Waals surface area contributed by atoms with Crippen LogP contribution in [0, 0.1) is 0 Å². The second-order valence-corrected chi connectivity index (χ2v) is 6.88. The molecule has 1 aliphatic heterocycles. The number of oxazole rings is 1. The summed E-state index contributed by atoms with van der Waals surface area (Å²) in [6.45, 7) is 1.73. The lowest BCUT2D eigenvalue weighted by Gasteiger charge is -2.34. The Morgan fingerprint density at radius 3 is 2.35 bits per heavy atom. The molecule has 9 heteroatoms. The number of rotatable bonds is 3. The summed E-state index contributed by atoms with van der Waals surface area (Å²) in [6.07, 6.45) is 6.28. The predicted molar refractivity (Wildman–Crippen MR) is 90.9 cm³/mol. The average Bonchev–Trinajstić information content (AvgIpc) is 3.18. The molecule has 1 saturated carbocycles. The minimum Gasteiger partial charge on any atom is -0.416 e. The van der Waals surface area contributed by atoms with Crippen LogP contribution in [0.2, 0.25) is 0 Å². The van der Waals surface area contributed by atoms with E-state index >= 15 is 0 Å². The lowest BCUT2D eigenvalue weighted by Crippen LogP contribution is -2.50. The lowest BCUT2D eigenvalue weighted by atomic mass is 9.81. The van der Waals surface area contributed by atoms with Gasteiger partial charge in [-0.15, -0.1) is 0 Å². The van der Waals surface area contributed by atoms with Crippen LogP contribution in [0.3, 0.4) is 0 Å². The molecule has 3 heterocycles. The summed E-state index contributed by atoms with van der Waals surface area (Å²) >= 11 is 0. The predicted octanol–water partition coefficient (Wildman–Crippen LogP) is 0.567. The molecule has 1 saturated heterocycles. The van der Waals surface area contributed by atoms with E-state index in [-0.39, 0.29) is 17.5 Å². The van der Waals surface area contributed by atoms with Crippen LogP contribution in [0.5, 0.6) is 0 Å². The number of carbonyl (C=O) groups excluding carboxylic acids is 2. The first kappa shape index (κ1) is 16.6. The zero-order valence-electron chi connectivity index (χ0n) is 14.6. The Hall–Kier alpha value is -2.84. The van der Waals surface area contributed by atoms with E-state index in [9.17, 15) is 14.4 Å². The van der Waals surface area contributed by atoms with Gasteiger partial charge in [-0.3, -0.25) is 19.3 Å². The number of carbonyl (C=O) groups is 2. The Balaban J connectivity index is 1.42. The fourth-order valence-corrected chi connectivity index (χ4v) is 3.49. The first-order valence-corrected chi connectivity index (χ1v) is 8.83. The van der Waals surface area contributed by atoms with Gasteiger partial charge < -0.3 is 14.2 Å². The quantitative estimate of drug-likeness (QED) is 0.863. The zero-order chi connectivity index (χ0) is 18.3. The van der Waals surface area contributed by atoms with Gasteiger partial charge in [0, 0.05) is 45.3 Å². The third-order valence-corrected chi connectivity index (χ3v) is 5.18. The zero-order valence-corrected chi connectivity index (χ0v) is 14.6. The first-order chi connectivity index (χ1) is 12.5. The Labute approximate surface area is 149 Å². The van der Waals surface area contributed by atoms with Gasteiger partial charge in [-0.2, -0.15) is 5.10 Å². The van der Waals surface area contributed by atoms with Gasteiger partial charge in [0.25, 0.3) is 11.8 Å². The number of nitrogens with one attached hydrogen (secondary N) is 1. The second kappa shape index (κ2) is 6.47. The molecule has 2 aromatic heterocycles. The molecule has 4 rings (SSSR count). The van der Waals surface area contributed by atoms with E-state index in [1.807, 2.05) is 7.05 Å². The molecule has 0 spiro atoms. The van der Waals surface area contributed by atoms with Gasteiger partial charge in [0.15, 0.2) is 0 Å². The van der Waals surface area contributed by atoms with E-state index in [2.05, 4.69) is 14.5 Å². The van der Waals surface area contributed by atoms with Crippen molar-refractivity contribution in [1.29, 1.82) is 0 Å². The number of aromatic amines is 1. The Morgan fingerprint density at radius 2 is 1.81 bits per heavy atom. The molecule has 138 valence electrons. The SMILES string of the molecule is Cn1cc(C(=O)N2CCN(C(=O)c3coc(=O)[nH]3)CC2)c(C2CCC2)n1. The van der Waals surface area contributed by atoms with Crippen LogP contribution in [-0.4, -0.2) is 62.6 Å². The summed E-state index contributed by atoms with van der Waals surface area (Å²) in [5.41, 5.74) is 1.71. The minimum absolute atomic E-state index is 0.0242. The van der Waals surface area contributed by atoms with Crippen LogP contribution in [0.4, 0.5) is 0 Å². The van der Waals surface area contributed by atoms with E-state index in [0.29, 0.717) is 37.7 Å². The number of hydrogen-bond acceptors (Lipinski definition) is 5. The van der Waals surface area contributed by atoms with Crippen molar-refractivity contribution in [2.75, 3.05) is 26.2 Å². The number of nitrogens with zero attached hydrogens (tertiary/aromatic N) is 4. The largest absolute Gasteiger partial charge is 0.416 e. The van der Waals surface area contributed by atoms with Gasteiger partial charge in [-0.05, 0) is 12.8 Å². The summed E-state index contributed by atoms with van der Waals surface area (Å²) in [7, 11) is 1.83. The highest BCUT2D eigenvalue weighted by atomic mass is 16.4. The Morgan fingerprint density at radius 1 is 1.15 bits per heavy atom. The molecule has 1 aliphatic carbocycles. The summed E-state index contributed by atoms with van der Waals surface area (Å²) in [4.78, 5) is 42.0. The van der Waals surface area contributed by atoms with Crippen LogP contribution in [-0.2, 0) is 7.05 Å². The third-order valence-electron chi connectivity index (χ3n) is 5.18. The number of amides is 2. The summed E-state index contributed by atoms with van der Waals surface area (Å²) in [5, 5.41) is 4.49. The molecule has 2 aliphatic rings. The van der Waals surface area contributed by atoms with Crippen LogP contribution in [0.15, 0.2) is 21.7 Å². The monoisotopic (exact) mass is 359 g/mol. The van der Waals surface area contributed by atoms with Gasteiger partial charge in [-0.1, -0.05) is 6.42 Å². The van der Waals surface area contributed by atoms with E-state index in [1.165, 1.54) is 6.42 Å². The van der Waals surface area contributed by atoms with E-state index in [0.717, 1.165) is 24.8 Å². The van der Waals surface area contributed by atoms with E-state index in [4.69, 9.17) is 0 Å². The maximum atomic E-state index is 12.9. The molecular weight excluding hydrogens is 338 g/mol. The molecule has 26 heavy (non-hydrogen) atoms. The molecule has 0 bridgehead atoms. The van der Waals surface area contributed by atoms with Gasteiger partial charge in [0.2, 0.25) is 0 Å². The summed E-state index contributed by atoms with van der Waals surface area (Å²) in [5.74, 6) is -0.582. The van der Waals surface area contributed by atoms with Crippen molar-refractivity contribution < 1.29 is 14.0 Å². The highest BCUT2D eigenvalue weighted by Gasteiger charge is 2.32. The minimum atomic E-state index is -0.651. The van der Waals surface area contributed by atoms with Crippen molar-refractivity contribution in [2.45, 2.75) is 25.2 Å². The number of aryl methyl sites for hydroxylation is 1. The molecule has 2 amide bonds. The lowest BCUT2D eigenvalue weighted by molar-refractivity contribution is 0.0531. The van der Waals surface area contributed by atoms with Crippen molar-refractivity contribution >= 4 is 11.8 Å². The topological polar surface area (TPSA) is 104 Å². The first-order valence-electron chi connectivity index (χ1n) is 8.83. The Bertz CT molecular complexity index is 883. The van der Waals surface area contributed by atoms with Gasteiger partial charge in [0.1, 0.15) is 12.0 Å². The molecule has 1 N–H and O–H groups in total. The van der Waals surface area contributed by atoms with Crippen molar-refractivity contribution in [2.24, 2.45) is 7.05 Å². The third kappa shape index (κ3) is 2.93. The molecule has 2 fully saturated rings. The van der Waals surface area contributed by atoms with E-state index in [1.54, 1.807) is 20.7 Å². The molecule has 0 radical (unpaired) electrons.